The van der Waals surface area contributed by atoms with E-state index in [2.05, 4.69) is 5.32 Å². The van der Waals surface area contributed by atoms with Crippen LogP contribution in [0.1, 0.15) is 23.2 Å². The molecule has 1 aliphatic carbocycles. The molecule has 1 amide bonds. The summed E-state index contributed by atoms with van der Waals surface area (Å²) in [5.74, 6) is -1.17. The number of amides is 1. The van der Waals surface area contributed by atoms with Crippen molar-refractivity contribution >= 4 is 17.6 Å². The van der Waals surface area contributed by atoms with E-state index in [-0.39, 0.29) is 12.5 Å². The Morgan fingerprint density at radius 1 is 1.35 bits per heavy atom. The third-order valence-corrected chi connectivity index (χ3v) is 3.10. The van der Waals surface area contributed by atoms with Gasteiger partial charge in [0, 0.05) is 12.2 Å². The summed E-state index contributed by atoms with van der Waals surface area (Å²) in [6, 6.07) is 6.71. The summed E-state index contributed by atoms with van der Waals surface area (Å²) in [4.78, 5) is 22.7. The molecule has 1 aromatic carbocycles. The molecule has 0 atom stereocenters. The van der Waals surface area contributed by atoms with Crippen LogP contribution in [0.25, 0.3) is 0 Å². The number of hydrogen-bond acceptors (Lipinski definition) is 3. The number of benzene rings is 1. The monoisotopic (exact) mass is 234 g/mol. The lowest BCUT2D eigenvalue weighted by atomic mass is 10.1. The molecule has 90 valence electrons. The maximum Gasteiger partial charge on any atom is 0.311 e. The smallest absolute Gasteiger partial charge is 0.311 e. The number of carboxylic acids is 1. The van der Waals surface area contributed by atoms with Gasteiger partial charge in [-0.25, -0.2) is 0 Å². The highest BCUT2D eigenvalue weighted by atomic mass is 16.4. The minimum absolute atomic E-state index is 0.162. The molecule has 0 unspecified atom stereocenters. The lowest BCUT2D eigenvalue weighted by Gasteiger charge is -2.11. The molecule has 0 aromatic heterocycles. The van der Waals surface area contributed by atoms with Crippen molar-refractivity contribution in [1.29, 1.82) is 0 Å². The van der Waals surface area contributed by atoms with Gasteiger partial charge < -0.3 is 16.2 Å². The Morgan fingerprint density at radius 2 is 2.00 bits per heavy atom. The molecule has 2 rings (SSSR count). The van der Waals surface area contributed by atoms with Gasteiger partial charge in [0.05, 0.1) is 11.0 Å². The molecule has 1 fully saturated rings. The number of nitrogens with two attached hydrogens (primary N) is 1. The SMILES string of the molecule is Nc1ccccc1C(=O)NCC1(C(=O)O)CC1. The van der Waals surface area contributed by atoms with Gasteiger partial charge in [-0.3, -0.25) is 9.59 Å². The number of aliphatic carboxylic acids is 1. The van der Waals surface area contributed by atoms with Crippen LogP contribution in [0.2, 0.25) is 0 Å². The molecule has 1 saturated carbocycles. The molecule has 1 aromatic rings. The number of rotatable bonds is 4. The Morgan fingerprint density at radius 3 is 2.53 bits per heavy atom. The first-order valence-electron chi connectivity index (χ1n) is 5.41. The average molecular weight is 234 g/mol. The van der Waals surface area contributed by atoms with E-state index >= 15 is 0 Å². The number of carbonyl (C=O) groups is 2. The van der Waals surface area contributed by atoms with E-state index in [0.29, 0.717) is 24.1 Å². The lowest BCUT2D eigenvalue weighted by molar-refractivity contribution is -0.143. The van der Waals surface area contributed by atoms with Crippen molar-refractivity contribution in [1.82, 2.24) is 5.32 Å². The van der Waals surface area contributed by atoms with Crippen LogP contribution in [0.15, 0.2) is 24.3 Å². The number of carbonyl (C=O) groups excluding carboxylic acids is 1. The van der Waals surface area contributed by atoms with E-state index in [9.17, 15) is 9.59 Å². The van der Waals surface area contributed by atoms with Gasteiger partial charge in [-0.15, -0.1) is 0 Å². The summed E-state index contributed by atoms with van der Waals surface area (Å²) in [5.41, 5.74) is 5.69. The van der Waals surface area contributed by atoms with Crippen molar-refractivity contribution in [3.05, 3.63) is 29.8 Å². The summed E-state index contributed by atoms with van der Waals surface area (Å²) in [7, 11) is 0. The van der Waals surface area contributed by atoms with Crippen LogP contribution in [0, 0.1) is 5.41 Å². The third-order valence-electron chi connectivity index (χ3n) is 3.10. The van der Waals surface area contributed by atoms with Gasteiger partial charge in [-0.05, 0) is 25.0 Å². The number of anilines is 1. The molecule has 0 spiro atoms. The number of nitrogens with one attached hydrogen (secondary N) is 1. The topological polar surface area (TPSA) is 92.4 Å². The summed E-state index contributed by atoms with van der Waals surface area (Å²) >= 11 is 0. The Labute approximate surface area is 98.6 Å². The Hall–Kier alpha value is -2.04. The first-order chi connectivity index (χ1) is 8.05. The number of hydrogen-bond donors (Lipinski definition) is 3. The first kappa shape index (κ1) is 11.4. The molecule has 4 N–H and O–H groups in total. The van der Waals surface area contributed by atoms with E-state index in [1.54, 1.807) is 24.3 Å². The number of para-hydroxylation sites is 1. The molecule has 0 heterocycles. The standard InChI is InChI=1S/C12H14N2O3/c13-9-4-2-1-3-8(9)10(15)14-7-12(5-6-12)11(16)17/h1-4H,5-7,13H2,(H,14,15)(H,16,17). The Kier molecular flexibility index (Phi) is 2.75. The van der Waals surface area contributed by atoms with Gasteiger partial charge >= 0.3 is 5.97 Å². The highest BCUT2D eigenvalue weighted by Crippen LogP contribution is 2.45. The molecule has 0 aliphatic heterocycles. The summed E-state index contributed by atoms with van der Waals surface area (Å²) < 4.78 is 0. The zero-order valence-electron chi connectivity index (χ0n) is 9.27. The van der Waals surface area contributed by atoms with E-state index in [4.69, 9.17) is 10.8 Å². The summed E-state index contributed by atoms with van der Waals surface area (Å²) in [5, 5.41) is 11.6. The predicted octanol–water partition coefficient (Wildman–Crippen LogP) is 0.863. The second-order valence-electron chi connectivity index (χ2n) is 4.36. The van der Waals surface area contributed by atoms with Gasteiger partial charge in [0.25, 0.3) is 5.91 Å². The van der Waals surface area contributed by atoms with Gasteiger partial charge in [-0.2, -0.15) is 0 Å². The zero-order chi connectivity index (χ0) is 12.5. The molecular weight excluding hydrogens is 220 g/mol. The average Bonchev–Trinajstić information content (AvgIpc) is 3.07. The predicted molar refractivity (Wildman–Crippen MR) is 62.5 cm³/mol. The zero-order valence-corrected chi connectivity index (χ0v) is 9.27. The van der Waals surface area contributed by atoms with Crippen LogP contribution in [0.3, 0.4) is 0 Å². The van der Waals surface area contributed by atoms with Crippen molar-refractivity contribution in [2.24, 2.45) is 5.41 Å². The maximum atomic E-state index is 11.8. The van der Waals surface area contributed by atoms with Crippen LogP contribution < -0.4 is 11.1 Å². The van der Waals surface area contributed by atoms with Crippen LogP contribution in [-0.4, -0.2) is 23.5 Å². The number of carboxylic acid groups (broad SMARTS) is 1. The highest BCUT2D eigenvalue weighted by Gasteiger charge is 2.50. The van der Waals surface area contributed by atoms with E-state index < -0.39 is 11.4 Å². The molecule has 17 heavy (non-hydrogen) atoms. The maximum absolute atomic E-state index is 11.8. The van der Waals surface area contributed by atoms with Crippen molar-refractivity contribution in [3.63, 3.8) is 0 Å². The van der Waals surface area contributed by atoms with Crippen molar-refractivity contribution in [2.75, 3.05) is 12.3 Å². The largest absolute Gasteiger partial charge is 0.481 e. The first-order valence-corrected chi connectivity index (χ1v) is 5.41. The van der Waals surface area contributed by atoms with Gasteiger partial charge in [0.2, 0.25) is 0 Å². The molecule has 0 saturated heterocycles. The normalized spacial score (nSPS) is 16.2. The van der Waals surface area contributed by atoms with Crippen molar-refractivity contribution in [3.8, 4) is 0 Å². The molecule has 5 heteroatoms. The van der Waals surface area contributed by atoms with Gasteiger partial charge in [-0.1, -0.05) is 12.1 Å². The minimum Gasteiger partial charge on any atom is -0.481 e. The van der Waals surface area contributed by atoms with Crippen LogP contribution >= 0.6 is 0 Å². The summed E-state index contributed by atoms with van der Waals surface area (Å²) in [6.45, 7) is 0.162. The molecule has 5 nitrogen and oxygen atoms in total. The van der Waals surface area contributed by atoms with Crippen molar-refractivity contribution < 1.29 is 14.7 Å². The van der Waals surface area contributed by atoms with Crippen LogP contribution in [-0.2, 0) is 4.79 Å². The van der Waals surface area contributed by atoms with E-state index in [0.717, 1.165) is 0 Å². The summed E-state index contributed by atoms with van der Waals surface area (Å²) in [6.07, 6.45) is 1.24. The molecular formula is C12H14N2O3. The molecule has 0 bridgehead atoms. The molecule has 1 aliphatic rings. The van der Waals surface area contributed by atoms with Gasteiger partial charge in [0.1, 0.15) is 0 Å². The van der Waals surface area contributed by atoms with Crippen LogP contribution in [0.4, 0.5) is 5.69 Å². The quantitative estimate of drug-likeness (QED) is 0.674. The van der Waals surface area contributed by atoms with E-state index in [1.165, 1.54) is 0 Å². The third kappa shape index (κ3) is 2.22. The van der Waals surface area contributed by atoms with Crippen molar-refractivity contribution in [2.45, 2.75) is 12.8 Å². The lowest BCUT2D eigenvalue weighted by Crippen LogP contribution is -2.34. The number of nitrogen functional groups attached to an aromatic ring is 1. The fourth-order valence-corrected chi connectivity index (χ4v) is 1.67. The van der Waals surface area contributed by atoms with Crippen LogP contribution in [0.5, 0.6) is 0 Å². The second-order valence-corrected chi connectivity index (χ2v) is 4.36. The Bertz CT molecular complexity index is 467. The second kappa shape index (κ2) is 4.08. The highest BCUT2D eigenvalue weighted by molar-refractivity contribution is 5.99. The fourth-order valence-electron chi connectivity index (χ4n) is 1.67. The molecule has 0 radical (unpaired) electrons. The minimum atomic E-state index is -0.848. The van der Waals surface area contributed by atoms with E-state index in [1.807, 2.05) is 0 Å². The fraction of sp³-hybridized carbons (Fsp3) is 0.333. The Balaban J connectivity index is 1.99. The van der Waals surface area contributed by atoms with Gasteiger partial charge in [0.15, 0.2) is 0 Å².